The second-order valence-electron chi connectivity index (χ2n) is 11.0. The average Bonchev–Trinajstić information content (AvgIpc) is 3.35. The molecule has 0 bridgehead atoms. The largest absolute Gasteiger partial charge is 0.493 e. The number of amides is 2. The third kappa shape index (κ3) is 8.21. The maximum absolute atomic E-state index is 14.0. The third-order valence-corrected chi connectivity index (χ3v) is 9.76. The van der Waals surface area contributed by atoms with Crippen molar-refractivity contribution in [1.82, 2.24) is 19.8 Å². The Kier molecular flexibility index (Phi) is 11.0. The van der Waals surface area contributed by atoms with E-state index in [1.807, 2.05) is 6.92 Å². The smallest absolute Gasteiger partial charge is 0.243 e. The van der Waals surface area contributed by atoms with E-state index in [1.54, 1.807) is 4.90 Å². The molecule has 2 saturated heterocycles. The first-order valence-corrected chi connectivity index (χ1v) is 16.0. The van der Waals surface area contributed by atoms with E-state index in [9.17, 15) is 26.8 Å². The fourth-order valence-corrected chi connectivity index (χ4v) is 7.18. The normalized spacial score (nSPS) is 20.2. The first-order chi connectivity index (χ1) is 20.5. The highest BCUT2D eigenvalue weighted by molar-refractivity contribution is 7.89. The fourth-order valence-electron chi connectivity index (χ4n) is 5.68. The molecule has 2 fully saturated rings. The molecule has 10 nitrogen and oxygen atoms in total. The second-order valence-corrected chi connectivity index (χ2v) is 13.0. The average molecular weight is 623 g/mol. The highest BCUT2D eigenvalue weighted by Crippen LogP contribution is 2.31. The third-order valence-electron chi connectivity index (χ3n) is 7.90. The number of sulfonamides is 1. The first kappa shape index (κ1) is 32.6. The van der Waals surface area contributed by atoms with E-state index < -0.39 is 33.6 Å². The summed E-state index contributed by atoms with van der Waals surface area (Å²) in [6.45, 7) is 3.68. The summed E-state index contributed by atoms with van der Waals surface area (Å²) in [4.78, 5) is 27.5. The van der Waals surface area contributed by atoms with Gasteiger partial charge in [0.2, 0.25) is 21.8 Å². The van der Waals surface area contributed by atoms with Crippen molar-refractivity contribution in [2.75, 3.05) is 46.9 Å². The van der Waals surface area contributed by atoms with E-state index in [-0.39, 0.29) is 48.7 Å². The Hall–Kier alpha value is -3.29. The quantitative estimate of drug-likeness (QED) is 0.353. The molecule has 0 radical (unpaired) electrons. The molecule has 0 spiro atoms. The summed E-state index contributed by atoms with van der Waals surface area (Å²) in [5.74, 6) is -1.66. The molecule has 2 aromatic rings. The Labute approximate surface area is 251 Å². The summed E-state index contributed by atoms with van der Waals surface area (Å²) in [5, 5.41) is 6.32. The summed E-state index contributed by atoms with van der Waals surface area (Å²) in [5.41, 5.74) is 0.362. The number of hydrogen-bond acceptors (Lipinski definition) is 7. The van der Waals surface area contributed by atoms with Crippen LogP contribution in [0.5, 0.6) is 11.5 Å². The highest BCUT2D eigenvalue weighted by Gasteiger charge is 2.36. The lowest BCUT2D eigenvalue weighted by atomic mass is 9.97. The molecule has 2 N–H and O–H groups in total. The van der Waals surface area contributed by atoms with Gasteiger partial charge in [0.05, 0.1) is 25.0 Å². The number of methoxy groups -OCH3 is 2. The van der Waals surface area contributed by atoms with Gasteiger partial charge in [-0.25, -0.2) is 17.2 Å². The van der Waals surface area contributed by atoms with Gasteiger partial charge in [-0.3, -0.25) is 9.59 Å². The van der Waals surface area contributed by atoms with Gasteiger partial charge >= 0.3 is 0 Å². The van der Waals surface area contributed by atoms with Crippen molar-refractivity contribution in [2.45, 2.75) is 56.0 Å². The molecule has 3 atom stereocenters. The van der Waals surface area contributed by atoms with Crippen molar-refractivity contribution in [3.05, 3.63) is 53.6 Å². The molecule has 236 valence electrons. The van der Waals surface area contributed by atoms with Crippen molar-refractivity contribution < 1.29 is 36.3 Å². The van der Waals surface area contributed by atoms with Crippen LogP contribution >= 0.6 is 0 Å². The number of rotatable bonds is 13. The number of ether oxygens (including phenoxy) is 2. The van der Waals surface area contributed by atoms with Crippen LogP contribution in [0.15, 0.2) is 41.3 Å². The summed E-state index contributed by atoms with van der Waals surface area (Å²) >= 11 is 0. The van der Waals surface area contributed by atoms with E-state index in [4.69, 9.17) is 9.47 Å². The lowest BCUT2D eigenvalue weighted by Gasteiger charge is -2.35. The Morgan fingerprint density at radius 3 is 2.49 bits per heavy atom. The van der Waals surface area contributed by atoms with Crippen LogP contribution in [-0.2, 0) is 26.0 Å². The molecule has 0 aliphatic carbocycles. The molecular weight excluding hydrogens is 582 g/mol. The van der Waals surface area contributed by atoms with E-state index in [1.165, 1.54) is 48.9 Å². The Bertz CT molecular complexity index is 1390. The van der Waals surface area contributed by atoms with Gasteiger partial charge in [0.15, 0.2) is 11.5 Å². The number of benzene rings is 2. The minimum absolute atomic E-state index is 0.0596. The molecular formula is C30H40F2N4O6S. The maximum atomic E-state index is 14.0. The van der Waals surface area contributed by atoms with Crippen LogP contribution in [0.2, 0.25) is 0 Å². The van der Waals surface area contributed by atoms with Crippen molar-refractivity contribution in [3.8, 4) is 11.5 Å². The second kappa shape index (κ2) is 14.5. The van der Waals surface area contributed by atoms with E-state index in [0.717, 1.165) is 18.9 Å². The predicted molar refractivity (Wildman–Crippen MR) is 156 cm³/mol. The van der Waals surface area contributed by atoms with Crippen molar-refractivity contribution in [2.24, 2.45) is 5.92 Å². The number of hydrogen-bond donors (Lipinski definition) is 2. The van der Waals surface area contributed by atoms with Gasteiger partial charge in [-0.15, -0.1) is 0 Å². The topological polar surface area (TPSA) is 117 Å². The van der Waals surface area contributed by atoms with Gasteiger partial charge in [0, 0.05) is 63.4 Å². The molecule has 2 aromatic carbocycles. The van der Waals surface area contributed by atoms with Gasteiger partial charge in [0.1, 0.15) is 11.6 Å². The summed E-state index contributed by atoms with van der Waals surface area (Å²) in [6, 6.07) is 6.69. The molecule has 2 aliphatic heterocycles. The molecule has 0 aromatic heterocycles. The Balaban J connectivity index is 1.50. The van der Waals surface area contributed by atoms with Crippen LogP contribution in [-0.4, -0.2) is 88.5 Å². The number of unbranched alkanes of at least 4 members (excludes halogenated alkanes) is 1. The Morgan fingerprint density at radius 1 is 1.09 bits per heavy atom. The van der Waals surface area contributed by atoms with Gasteiger partial charge in [-0.1, -0.05) is 13.3 Å². The number of halogens is 2. The summed E-state index contributed by atoms with van der Waals surface area (Å²) in [7, 11) is -0.992. The molecule has 0 saturated carbocycles. The summed E-state index contributed by atoms with van der Waals surface area (Å²) < 4.78 is 67.0. The van der Waals surface area contributed by atoms with E-state index in [2.05, 4.69) is 10.6 Å². The van der Waals surface area contributed by atoms with Gasteiger partial charge in [-0.2, -0.15) is 4.31 Å². The van der Waals surface area contributed by atoms with Crippen LogP contribution in [0.1, 0.15) is 38.2 Å². The van der Waals surface area contributed by atoms with Crippen LogP contribution in [0.3, 0.4) is 0 Å². The predicted octanol–water partition coefficient (Wildman–Crippen LogP) is 2.71. The zero-order chi connectivity index (χ0) is 31.1. The lowest BCUT2D eigenvalue weighted by Crippen LogP contribution is -2.55. The van der Waals surface area contributed by atoms with Crippen LogP contribution in [0, 0.1) is 17.6 Å². The maximum Gasteiger partial charge on any atom is 0.243 e. The van der Waals surface area contributed by atoms with Crippen molar-refractivity contribution in [1.29, 1.82) is 0 Å². The molecule has 2 heterocycles. The van der Waals surface area contributed by atoms with Gasteiger partial charge < -0.3 is 25.0 Å². The van der Waals surface area contributed by atoms with Crippen LogP contribution < -0.4 is 20.1 Å². The number of nitrogens with one attached hydrogen (secondary N) is 2. The zero-order valence-corrected chi connectivity index (χ0v) is 25.6. The number of carbonyl (C=O) groups is 2. The molecule has 13 heteroatoms. The van der Waals surface area contributed by atoms with E-state index in [0.29, 0.717) is 43.1 Å². The number of piperazine rings is 1. The highest BCUT2D eigenvalue weighted by atomic mass is 32.2. The molecule has 2 amide bonds. The number of likely N-dealkylation sites (tertiary alicyclic amines) is 1. The van der Waals surface area contributed by atoms with Crippen molar-refractivity contribution in [3.63, 3.8) is 0 Å². The number of nitrogens with zero attached hydrogens (tertiary/aromatic N) is 2. The van der Waals surface area contributed by atoms with Gasteiger partial charge in [-0.05, 0) is 49.1 Å². The molecule has 2 aliphatic rings. The van der Waals surface area contributed by atoms with Crippen LogP contribution in [0.25, 0.3) is 0 Å². The van der Waals surface area contributed by atoms with Gasteiger partial charge in [0.25, 0.3) is 0 Å². The minimum atomic E-state index is -3.89. The first-order valence-electron chi connectivity index (χ1n) is 14.5. The fraction of sp³-hybridized carbons (Fsp3) is 0.533. The SMILES string of the molecule is CCCCN1CC(C(=O)NC(Cc2cc(F)cc(F)c2)C[C@H]2CN(S(=O)(=O)c3ccc(OC)c(OC)c3)CCN2)CC1=O. The molecule has 43 heavy (non-hydrogen) atoms. The Morgan fingerprint density at radius 2 is 1.81 bits per heavy atom. The van der Waals surface area contributed by atoms with E-state index >= 15 is 0 Å². The summed E-state index contributed by atoms with van der Waals surface area (Å²) in [6.07, 6.45) is 2.31. The number of carbonyl (C=O) groups excluding carboxylic acids is 2. The lowest BCUT2D eigenvalue weighted by molar-refractivity contribution is -0.129. The molecule has 2 unspecified atom stereocenters. The monoisotopic (exact) mass is 622 g/mol. The standard InChI is InChI=1S/C30H40F2N4O6S/c1-4-5-9-35-18-21(14-29(35)37)30(38)34-24(13-20-11-22(31)15-23(32)12-20)16-25-19-36(10-8-33-25)43(39,40)26-6-7-27(41-2)28(17-26)42-3/h6-7,11-12,15,17,21,24-25,33H,4-5,8-10,13-14,16,18-19H2,1-3H3,(H,34,38)/t21?,24?,25-/m0/s1. The van der Waals surface area contributed by atoms with Crippen molar-refractivity contribution >= 4 is 21.8 Å². The minimum Gasteiger partial charge on any atom is -0.493 e. The van der Waals surface area contributed by atoms with Crippen LogP contribution in [0.4, 0.5) is 8.78 Å². The molecule has 4 rings (SSSR count). The zero-order valence-electron chi connectivity index (χ0n) is 24.8.